The van der Waals surface area contributed by atoms with Crippen LogP contribution in [0.5, 0.6) is 0 Å². The third-order valence-corrected chi connectivity index (χ3v) is 5.29. The highest BCUT2D eigenvalue weighted by molar-refractivity contribution is 7.89. The summed E-state index contributed by atoms with van der Waals surface area (Å²) in [5.41, 5.74) is 2.79. The molecule has 0 saturated heterocycles. The van der Waals surface area contributed by atoms with E-state index in [0.29, 0.717) is 0 Å². The lowest BCUT2D eigenvalue weighted by atomic mass is 9.93. The molecular weight excluding hydrogens is 328 g/mol. The monoisotopic (exact) mass is 346 g/mol. The highest BCUT2D eigenvalue weighted by Gasteiger charge is 2.40. The highest BCUT2D eigenvalue weighted by atomic mass is 32.2. The van der Waals surface area contributed by atoms with E-state index in [2.05, 4.69) is 0 Å². The Hall–Kier alpha value is -2.11. The Kier molecular flexibility index (Phi) is 5.40. The minimum atomic E-state index is -3.96. The number of benzene rings is 1. The molecule has 1 rings (SSSR count). The largest absolute Gasteiger partial charge is 0.329 e. The lowest BCUT2D eigenvalue weighted by molar-refractivity contribution is -0.570. The van der Waals surface area contributed by atoms with E-state index in [9.17, 15) is 28.6 Å². The number of nitro benzene ring substituents is 1. The van der Waals surface area contributed by atoms with Crippen molar-refractivity contribution in [3.8, 4) is 0 Å². The number of sulfonamides is 1. The fraction of sp³-hybridized carbons (Fsp3) is 0.500. The van der Waals surface area contributed by atoms with Crippen LogP contribution in [0.1, 0.15) is 19.4 Å². The van der Waals surface area contributed by atoms with Gasteiger partial charge >= 0.3 is 0 Å². The van der Waals surface area contributed by atoms with Crippen LogP contribution < -0.4 is 5.73 Å². The Morgan fingerprint density at radius 1 is 1.26 bits per heavy atom. The summed E-state index contributed by atoms with van der Waals surface area (Å²) in [4.78, 5) is 20.5. The minimum absolute atomic E-state index is 0.0400. The first-order valence-electron chi connectivity index (χ1n) is 6.56. The summed E-state index contributed by atoms with van der Waals surface area (Å²) in [7, 11) is -2.67. The number of nitrogens with two attached hydrogens (primary N) is 1. The second-order valence-electron chi connectivity index (χ2n) is 5.37. The molecule has 2 N–H and O–H groups in total. The molecule has 0 heterocycles. The fourth-order valence-electron chi connectivity index (χ4n) is 1.92. The number of rotatable bonds is 7. The highest BCUT2D eigenvalue weighted by Crippen LogP contribution is 2.34. The molecule has 0 aliphatic carbocycles. The van der Waals surface area contributed by atoms with Gasteiger partial charge < -0.3 is 5.73 Å². The van der Waals surface area contributed by atoms with Gasteiger partial charge in [0.2, 0.25) is 15.6 Å². The number of hydrogen-bond donors (Lipinski definition) is 1. The molecule has 1 aromatic carbocycles. The zero-order chi connectivity index (χ0) is 18.0. The standard InChI is InChI=1S/C12H18N4O6S/c1-12(2,16(19)20)10-5-4-9(8-11(10)15(17)18)23(21,22)14(3)7-6-13/h4-5,8H,6-7,13H2,1-3H3. The summed E-state index contributed by atoms with van der Waals surface area (Å²) in [5.74, 6) is 0. The van der Waals surface area contributed by atoms with Gasteiger partial charge in [-0.05, 0) is 12.1 Å². The van der Waals surface area contributed by atoms with Gasteiger partial charge in [0.1, 0.15) is 5.56 Å². The Morgan fingerprint density at radius 2 is 1.83 bits per heavy atom. The average molecular weight is 346 g/mol. The summed E-state index contributed by atoms with van der Waals surface area (Å²) in [6.45, 7) is 2.55. The zero-order valence-electron chi connectivity index (χ0n) is 12.9. The first kappa shape index (κ1) is 18.9. The van der Waals surface area contributed by atoms with Crippen molar-refractivity contribution in [2.24, 2.45) is 5.73 Å². The molecule has 0 amide bonds. The maximum atomic E-state index is 12.3. The van der Waals surface area contributed by atoms with Crippen LogP contribution in [0.4, 0.5) is 5.69 Å². The van der Waals surface area contributed by atoms with Crippen molar-refractivity contribution in [1.82, 2.24) is 4.31 Å². The summed E-state index contributed by atoms with van der Waals surface area (Å²) >= 11 is 0. The van der Waals surface area contributed by atoms with Gasteiger partial charge in [-0.25, -0.2) is 8.42 Å². The van der Waals surface area contributed by atoms with Crippen molar-refractivity contribution in [3.05, 3.63) is 44.0 Å². The first-order valence-corrected chi connectivity index (χ1v) is 8.00. The van der Waals surface area contributed by atoms with Crippen LogP contribution in [0.25, 0.3) is 0 Å². The van der Waals surface area contributed by atoms with E-state index >= 15 is 0 Å². The van der Waals surface area contributed by atoms with Crippen LogP contribution in [-0.2, 0) is 15.6 Å². The Bertz CT molecular complexity index is 731. The number of hydrogen-bond acceptors (Lipinski definition) is 7. The van der Waals surface area contributed by atoms with Gasteiger partial charge in [-0.3, -0.25) is 20.2 Å². The molecule has 128 valence electrons. The van der Waals surface area contributed by atoms with Crippen molar-refractivity contribution in [2.75, 3.05) is 20.1 Å². The molecule has 0 bridgehead atoms. The van der Waals surface area contributed by atoms with E-state index in [4.69, 9.17) is 5.73 Å². The predicted octanol–water partition coefficient (Wildman–Crippen LogP) is 0.686. The van der Waals surface area contributed by atoms with Gasteiger partial charge in [-0.15, -0.1) is 0 Å². The zero-order valence-corrected chi connectivity index (χ0v) is 13.7. The normalized spacial score (nSPS) is 12.4. The Labute approximate surface area is 133 Å². The number of nitrogens with zero attached hydrogens (tertiary/aromatic N) is 3. The summed E-state index contributed by atoms with van der Waals surface area (Å²) in [6.07, 6.45) is 0. The topological polar surface area (TPSA) is 150 Å². The molecule has 11 heteroatoms. The van der Waals surface area contributed by atoms with Crippen molar-refractivity contribution >= 4 is 15.7 Å². The van der Waals surface area contributed by atoms with Crippen molar-refractivity contribution < 1.29 is 18.3 Å². The van der Waals surface area contributed by atoms with E-state index in [1.54, 1.807) is 0 Å². The van der Waals surface area contributed by atoms with Crippen LogP contribution in [-0.4, -0.2) is 42.7 Å². The molecule has 0 unspecified atom stereocenters. The van der Waals surface area contributed by atoms with Gasteiger partial charge in [0.25, 0.3) is 5.69 Å². The third kappa shape index (κ3) is 3.63. The van der Waals surface area contributed by atoms with E-state index in [1.807, 2.05) is 0 Å². The molecule has 0 saturated carbocycles. The van der Waals surface area contributed by atoms with Crippen LogP contribution in [0.2, 0.25) is 0 Å². The van der Waals surface area contributed by atoms with Gasteiger partial charge in [-0.2, -0.15) is 4.31 Å². The second kappa shape index (κ2) is 6.56. The van der Waals surface area contributed by atoms with Gasteiger partial charge in [0.15, 0.2) is 0 Å². The van der Waals surface area contributed by atoms with E-state index in [-0.39, 0.29) is 23.5 Å². The van der Waals surface area contributed by atoms with E-state index < -0.39 is 31.1 Å². The molecule has 0 radical (unpaired) electrons. The maximum Gasteiger partial charge on any atom is 0.281 e. The van der Waals surface area contributed by atoms with Crippen LogP contribution in [0.3, 0.4) is 0 Å². The fourth-order valence-corrected chi connectivity index (χ4v) is 3.13. The quantitative estimate of drug-likeness (QED) is 0.563. The van der Waals surface area contributed by atoms with Crippen LogP contribution in [0, 0.1) is 20.2 Å². The van der Waals surface area contributed by atoms with E-state index in [1.165, 1.54) is 20.9 Å². The van der Waals surface area contributed by atoms with Gasteiger partial charge in [-0.1, -0.05) is 0 Å². The molecule has 0 spiro atoms. The summed E-state index contributed by atoms with van der Waals surface area (Å²) in [5, 5.41) is 22.3. The first-order chi connectivity index (χ1) is 10.5. The molecule has 0 aromatic heterocycles. The molecule has 0 aliphatic heterocycles. The molecule has 0 atom stereocenters. The SMILES string of the molecule is CN(CCN)S(=O)(=O)c1ccc(C(C)(C)[N+](=O)[O-])c([N+](=O)[O-])c1. The van der Waals surface area contributed by atoms with Crippen molar-refractivity contribution in [1.29, 1.82) is 0 Å². The minimum Gasteiger partial charge on any atom is -0.329 e. The number of nitro groups is 2. The lowest BCUT2D eigenvalue weighted by Crippen LogP contribution is -2.32. The Balaban J connectivity index is 3.52. The Morgan fingerprint density at radius 3 is 2.26 bits per heavy atom. The van der Waals surface area contributed by atoms with Crippen LogP contribution >= 0.6 is 0 Å². The molecule has 0 aliphatic rings. The number of likely N-dealkylation sites (N-methyl/N-ethyl adjacent to an activating group) is 1. The van der Waals surface area contributed by atoms with Crippen LogP contribution in [0.15, 0.2) is 23.1 Å². The molecule has 1 aromatic rings. The smallest absolute Gasteiger partial charge is 0.281 e. The van der Waals surface area contributed by atoms with Crippen molar-refractivity contribution in [2.45, 2.75) is 24.3 Å². The van der Waals surface area contributed by atoms with Gasteiger partial charge in [0.05, 0.1) is 9.82 Å². The molecular formula is C12H18N4O6S. The average Bonchev–Trinajstić information content (AvgIpc) is 2.46. The maximum absolute atomic E-state index is 12.3. The molecule has 23 heavy (non-hydrogen) atoms. The van der Waals surface area contributed by atoms with E-state index in [0.717, 1.165) is 22.5 Å². The molecule has 10 nitrogen and oxygen atoms in total. The van der Waals surface area contributed by atoms with Crippen molar-refractivity contribution in [3.63, 3.8) is 0 Å². The van der Waals surface area contributed by atoms with Gasteiger partial charge in [0, 0.05) is 45.0 Å². The second-order valence-corrected chi connectivity index (χ2v) is 7.41. The lowest BCUT2D eigenvalue weighted by Gasteiger charge is -2.19. The predicted molar refractivity (Wildman–Crippen MR) is 82.0 cm³/mol. The molecule has 0 fully saturated rings. The third-order valence-electron chi connectivity index (χ3n) is 3.43. The summed E-state index contributed by atoms with van der Waals surface area (Å²) in [6, 6.07) is 3.06. The summed E-state index contributed by atoms with van der Waals surface area (Å²) < 4.78 is 25.6.